The predicted molar refractivity (Wildman–Crippen MR) is 176 cm³/mol. The molecule has 0 aliphatic rings. The lowest BCUT2D eigenvalue weighted by molar-refractivity contribution is 1.17. The van der Waals surface area contributed by atoms with Crippen molar-refractivity contribution in [1.29, 1.82) is 0 Å². The number of nitrogens with one attached hydrogen (secondary N) is 1. The molecule has 1 N–H and O–H groups in total. The van der Waals surface area contributed by atoms with E-state index in [4.69, 9.17) is 4.98 Å². The minimum Gasteiger partial charge on any atom is -0.345 e. The van der Waals surface area contributed by atoms with Gasteiger partial charge in [0.15, 0.2) is 0 Å². The van der Waals surface area contributed by atoms with Gasteiger partial charge < -0.3 is 14.1 Å². The van der Waals surface area contributed by atoms with Gasteiger partial charge in [0.2, 0.25) is 0 Å². The highest BCUT2D eigenvalue weighted by atomic mass is 15.0. The molecule has 0 spiro atoms. The van der Waals surface area contributed by atoms with Crippen molar-refractivity contribution in [2.24, 2.45) is 0 Å². The van der Waals surface area contributed by atoms with Crippen LogP contribution < -0.4 is 0 Å². The Labute approximate surface area is 247 Å². The Morgan fingerprint density at radius 3 is 2.02 bits per heavy atom. The van der Waals surface area contributed by atoms with Crippen LogP contribution >= 0.6 is 0 Å². The first-order valence-corrected chi connectivity index (χ1v) is 14.4. The van der Waals surface area contributed by atoms with Crippen molar-refractivity contribution in [2.45, 2.75) is 0 Å². The van der Waals surface area contributed by atoms with Crippen molar-refractivity contribution < 1.29 is 0 Å². The van der Waals surface area contributed by atoms with Crippen LogP contribution in [0.15, 0.2) is 146 Å². The summed E-state index contributed by atoms with van der Waals surface area (Å²) < 4.78 is 4.80. The number of hydrogen-bond donors (Lipinski definition) is 1. The first-order chi connectivity index (χ1) is 21.4. The van der Waals surface area contributed by atoms with E-state index >= 15 is 0 Å². The number of H-pyrrole nitrogens is 1. The molecule has 0 fully saturated rings. The average Bonchev–Trinajstić information content (AvgIpc) is 3.80. The van der Waals surface area contributed by atoms with Gasteiger partial charge in [-0.1, -0.05) is 66.7 Å². The third-order valence-corrected chi connectivity index (χ3v) is 8.43. The summed E-state index contributed by atoms with van der Waals surface area (Å²) in [4.78, 5) is 12.6. The molecule has 0 saturated heterocycles. The Bertz CT molecular complexity index is 2430. The maximum atomic E-state index is 4.85. The Hall–Kier alpha value is -5.94. The molecule has 9 aromatic rings. The summed E-state index contributed by atoms with van der Waals surface area (Å²) in [6.45, 7) is 0. The molecule has 9 rings (SSSR count). The second-order valence-electron chi connectivity index (χ2n) is 10.8. The normalized spacial score (nSPS) is 11.7. The standard InChI is InChI=1S/C38H25N5/c1-3-10-26(11-4-1)42-33-19-17-25(36-30(15-9-21-39-36)38-40-22-23-41-38)24-31(33)35-34(42)20-18-29-28-14-7-8-16-32(28)43(37(29)35)27-12-5-2-6-13-27/h1-24H,(H,40,41). The zero-order valence-corrected chi connectivity index (χ0v) is 23.1. The smallest absolute Gasteiger partial charge is 0.139 e. The van der Waals surface area contributed by atoms with Crippen LogP contribution in [0.25, 0.3) is 77.6 Å². The summed E-state index contributed by atoms with van der Waals surface area (Å²) in [6, 6.07) is 45.3. The van der Waals surface area contributed by atoms with Crippen LogP contribution in [-0.4, -0.2) is 24.1 Å². The molecule has 0 aliphatic heterocycles. The van der Waals surface area contributed by atoms with Gasteiger partial charge in [0.25, 0.3) is 0 Å². The van der Waals surface area contributed by atoms with Crippen molar-refractivity contribution in [3.63, 3.8) is 0 Å². The first kappa shape index (κ1) is 23.7. The molecule has 4 aromatic heterocycles. The van der Waals surface area contributed by atoms with E-state index in [1.54, 1.807) is 6.20 Å². The van der Waals surface area contributed by atoms with Gasteiger partial charge in [0, 0.05) is 62.6 Å². The number of rotatable bonds is 4. The zero-order valence-electron chi connectivity index (χ0n) is 23.1. The molecule has 0 amide bonds. The fraction of sp³-hybridized carbons (Fsp3) is 0. The molecule has 0 bridgehead atoms. The number of nitrogens with zero attached hydrogens (tertiary/aromatic N) is 4. The van der Waals surface area contributed by atoms with Gasteiger partial charge in [-0.05, 0) is 60.7 Å². The molecule has 0 saturated carbocycles. The zero-order chi connectivity index (χ0) is 28.3. The number of benzene rings is 5. The van der Waals surface area contributed by atoms with E-state index in [-0.39, 0.29) is 0 Å². The van der Waals surface area contributed by atoms with Gasteiger partial charge in [0.1, 0.15) is 5.82 Å². The average molecular weight is 552 g/mol. The van der Waals surface area contributed by atoms with Crippen molar-refractivity contribution in [3.05, 3.63) is 146 Å². The van der Waals surface area contributed by atoms with Crippen molar-refractivity contribution >= 4 is 43.6 Å². The van der Waals surface area contributed by atoms with Gasteiger partial charge in [0.05, 0.1) is 27.8 Å². The first-order valence-electron chi connectivity index (χ1n) is 14.4. The van der Waals surface area contributed by atoms with E-state index in [0.29, 0.717) is 0 Å². The van der Waals surface area contributed by atoms with Crippen LogP contribution in [-0.2, 0) is 0 Å². The number of pyridine rings is 1. The summed E-state index contributed by atoms with van der Waals surface area (Å²) in [5.74, 6) is 0.807. The van der Waals surface area contributed by atoms with Crippen LogP contribution in [0.5, 0.6) is 0 Å². The highest BCUT2D eigenvalue weighted by Crippen LogP contribution is 2.43. The number of imidazole rings is 1. The largest absolute Gasteiger partial charge is 0.345 e. The molecular formula is C38H25N5. The maximum absolute atomic E-state index is 4.85. The molecular weight excluding hydrogens is 526 g/mol. The summed E-state index contributed by atoms with van der Waals surface area (Å²) in [5.41, 5.74) is 9.90. The van der Waals surface area contributed by atoms with Gasteiger partial charge in [-0.25, -0.2) is 4.98 Å². The molecule has 43 heavy (non-hydrogen) atoms. The van der Waals surface area contributed by atoms with E-state index in [0.717, 1.165) is 45.1 Å². The van der Waals surface area contributed by atoms with E-state index in [1.807, 2.05) is 18.5 Å². The number of para-hydroxylation sites is 3. The van der Waals surface area contributed by atoms with E-state index < -0.39 is 0 Å². The number of aromatic nitrogens is 5. The Morgan fingerprint density at radius 1 is 0.512 bits per heavy atom. The van der Waals surface area contributed by atoms with Crippen LogP contribution in [0.2, 0.25) is 0 Å². The van der Waals surface area contributed by atoms with Crippen molar-refractivity contribution in [1.82, 2.24) is 24.1 Å². The second-order valence-corrected chi connectivity index (χ2v) is 10.8. The molecule has 0 radical (unpaired) electrons. The summed E-state index contributed by atoms with van der Waals surface area (Å²) in [6.07, 6.45) is 5.48. The molecule has 202 valence electrons. The molecule has 4 heterocycles. The van der Waals surface area contributed by atoms with Gasteiger partial charge in [-0.15, -0.1) is 0 Å². The molecule has 5 nitrogen and oxygen atoms in total. The highest BCUT2D eigenvalue weighted by molar-refractivity contribution is 6.26. The number of fused-ring (bicyclic) bond motifs is 7. The van der Waals surface area contributed by atoms with Gasteiger partial charge >= 0.3 is 0 Å². The molecule has 5 heteroatoms. The van der Waals surface area contributed by atoms with Crippen LogP contribution in [0.1, 0.15) is 0 Å². The monoisotopic (exact) mass is 551 g/mol. The SMILES string of the molecule is c1ccc(-n2c3ccc(-c4ncccc4-c4ncc[nH]4)cc3c3c2ccc2c4ccccc4n(-c4ccccc4)c23)cc1. The highest BCUT2D eigenvalue weighted by Gasteiger charge is 2.22. The fourth-order valence-corrected chi connectivity index (χ4v) is 6.65. The summed E-state index contributed by atoms with van der Waals surface area (Å²) >= 11 is 0. The summed E-state index contributed by atoms with van der Waals surface area (Å²) in [7, 11) is 0. The lowest BCUT2D eigenvalue weighted by Gasteiger charge is -2.09. The fourth-order valence-electron chi connectivity index (χ4n) is 6.65. The van der Waals surface area contributed by atoms with E-state index in [2.05, 4.69) is 140 Å². The van der Waals surface area contributed by atoms with E-state index in [1.165, 1.54) is 32.6 Å². The molecule has 0 unspecified atom stereocenters. The topological polar surface area (TPSA) is 51.4 Å². The number of hydrogen-bond acceptors (Lipinski definition) is 2. The van der Waals surface area contributed by atoms with Gasteiger partial charge in [-0.3, -0.25) is 4.98 Å². The molecule has 0 atom stereocenters. The third kappa shape index (κ3) is 3.52. The lowest BCUT2D eigenvalue weighted by atomic mass is 10.0. The van der Waals surface area contributed by atoms with Gasteiger partial charge in [-0.2, -0.15) is 0 Å². The quantitative estimate of drug-likeness (QED) is 0.237. The maximum Gasteiger partial charge on any atom is 0.139 e. The predicted octanol–water partition coefficient (Wildman–Crippen LogP) is 9.33. The van der Waals surface area contributed by atoms with Crippen LogP contribution in [0, 0.1) is 0 Å². The molecule has 0 aliphatic carbocycles. The minimum atomic E-state index is 0.807. The Morgan fingerprint density at radius 2 is 1.23 bits per heavy atom. The Balaban J connectivity index is 1.47. The lowest BCUT2D eigenvalue weighted by Crippen LogP contribution is -1.95. The van der Waals surface area contributed by atoms with E-state index in [9.17, 15) is 0 Å². The second kappa shape index (κ2) is 9.29. The third-order valence-electron chi connectivity index (χ3n) is 8.43. The van der Waals surface area contributed by atoms with Crippen molar-refractivity contribution in [2.75, 3.05) is 0 Å². The number of aromatic amines is 1. The van der Waals surface area contributed by atoms with Crippen molar-refractivity contribution in [3.8, 4) is 34.0 Å². The van der Waals surface area contributed by atoms with Crippen LogP contribution in [0.3, 0.4) is 0 Å². The Kier molecular flexibility index (Phi) is 5.13. The summed E-state index contributed by atoms with van der Waals surface area (Å²) in [5, 5.41) is 4.87. The molecule has 5 aromatic carbocycles. The van der Waals surface area contributed by atoms with Crippen LogP contribution in [0.4, 0.5) is 0 Å². The minimum absolute atomic E-state index is 0.807.